The van der Waals surface area contributed by atoms with Crippen LogP contribution in [0.3, 0.4) is 0 Å². The van der Waals surface area contributed by atoms with Gasteiger partial charge in [0.2, 0.25) is 0 Å². The second-order valence-electron chi connectivity index (χ2n) is 3.01. The van der Waals surface area contributed by atoms with Crippen molar-refractivity contribution < 1.29 is 0 Å². The standard InChI is InChI=1S/C10H15N3/c1-9-5-3-4-6-10(9)12-13(2)8-7-11/h3-7,11-12H,8H2,1-2H3. The van der Waals surface area contributed by atoms with Crippen LogP contribution in [0, 0.1) is 12.3 Å². The van der Waals surface area contributed by atoms with Crippen molar-refractivity contribution >= 4 is 11.9 Å². The fraction of sp³-hybridized carbons (Fsp3) is 0.300. The number of benzene rings is 1. The molecule has 0 aliphatic heterocycles. The Hall–Kier alpha value is -1.35. The largest absolute Gasteiger partial charge is 0.319 e. The summed E-state index contributed by atoms with van der Waals surface area (Å²) in [6.07, 6.45) is 1.37. The van der Waals surface area contributed by atoms with Crippen LogP contribution in [-0.2, 0) is 0 Å². The van der Waals surface area contributed by atoms with Crippen LogP contribution in [0.15, 0.2) is 24.3 Å². The Morgan fingerprint density at radius 3 is 2.77 bits per heavy atom. The van der Waals surface area contributed by atoms with E-state index in [-0.39, 0.29) is 0 Å². The van der Waals surface area contributed by atoms with E-state index in [0.717, 1.165) is 5.69 Å². The van der Waals surface area contributed by atoms with E-state index in [2.05, 4.69) is 18.4 Å². The number of para-hydroxylation sites is 1. The molecule has 0 saturated heterocycles. The first-order valence-electron chi connectivity index (χ1n) is 4.26. The Kier molecular flexibility index (Phi) is 3.46. The summed E-state index contributed by atoms with van der Waals surface area (Å²) < 4.78 is 0. The number of anilines is 1. The van der Waals surface area contributed by atoms with E-state index >= 15 is 0 Å². The molecule has 0 saturated carbocycles. The summed E-state index contributed by atoms with van der Waals surface area (Å²) in [4.78, 5) is 0. The molecule has 0 fully saturated rings. The van der Waals surface area contributed by atoms with Gasteiger partial charge in [0.05, 0.1) is 12.2 Å². The Bertz CT molecular complexity index is 283. The van der Waals surface area contributed by atoms with Crippen LogP contribution in [-0.4, -0.2) is 24.8 Å². The van der Waals surface area contributed by atoms with E-state index in [9.17, 15) is 0 Å². The van der Waals surface area contributed by atoms with Gasteiger partial charge in [-0.3, -0.25) is 0 Å². The minimum atomic E-state index is 0.605. The maximum absolute atomic E-state index is 6.95. The number of nitrogens with one attached hydrogen (secondary N) is 2. The van der Waals surface area contributed by atoms with Gasteiger partial charge in [-0.1, -0.05) is 18.2 Å². The highest BCUT2D eigenvalue weighted by Gasteiger charge is 1.98. The van der Waals surface area contributed by atoms with Crippen LogP contribution in [0.4, 0.5) is 5.69 Å². The van der Waals surface area contributed by atoms with E-state index in [0.29, 0.717) is 6.54 Å². The van der Waals surface area contributed by atoms with Gasteiger partial charge in [0, 0.05) is 13.3 Å². The van der Waals surface area contributed by atoms with E-state index in [1.165, 1.54) is 11.8 Å². The summed E-state index contributed by atoms with van der Waals surface area (Å²) in [5.41, 5.74) is 5.49. The molecule has 13 heavy (non-hydrogen) atoms. The van der Waals surface area contributed by atoms with Crippen molar-refractivity contribution in [3.8, 4) is 0 Å². The minimum absolute atomic E-state index is 0.605. The van der Waals surface area contributed by atoms with Gasteiger partial charge in [0.1, 0.15) is 0 Å². The zero-order valence-corrected chi connectivity index (χ0v) is 8.04. The van der Waals surface area contributed by atoms with Crippen molar-refractivity contribution in [3.05, 3.63) is 29.8 Å². The molecule has 1 aromatic rings. The molecule has 0 unspecified atom stereocenters. The van der Waals surface area contributed by atoms with Crippen LogP contribution < -0.4 is 5.43 Å². The molecule has 0 amide bonds. The lowest BCUT2D eigenvalue weighted by Crippen LogP contribution is -2.27. The Morgan fingerprint density at radius 2 is 2.15 bits per heavy atom. The van der Waals surface area contributed by atoms with Crippen molar-refractivity contribution in [3.63, 3.8) is 0 Å². The van der Waals surface area contributed by atoms with Crippen LogP contribution in [0.2, 0.25) is 0 Å². The lowest BCUT2D eigenvalue weighted by atomic mass is 10.2. The first kappa shape index (κ1) is 9.74. The molecule has 0 heterocycles. The molecule has 0 radical (unpaired) electrons. The molecule has 0 spiro atoms. The topological polar surface area (TPSA) is 39.1 Å². The van der Waals surface area contributed by atoms with Gasteiger partial charge in [0.25, 0.3) is 0 Å². The second-order valence-corrected chi connectivity index (χ2v) is 3.01. The SMILES string of the molecule is Cc1ccccc1NN(C)CC=N. The third-order valence-corrected chi connectivity index (χ3v) is 1.82. The number of hydrazine groups is 1. The molecule has 0 aliphatic carbocycles. The maximum Gasteiger partial charge on any atom is 0.0522 e. The monoisotopic (exact) mass is 177 g/mol. The van der Waals surface area contributed by atoms with Gasteiger partial charge in [-0.05, 0) is 18.6 Å². The highest BCUT2D eigenvalue weighted by Crippen LogP contribution is 2.12. The fourth-order valence-electron chi connectivity index (χ4n) is 1.09. The molecule has 2 N–H and O–H groups in total. The number of rotatable bonds is 4. The third-order valence-electron chi connectivity index (χ3n) is 1.82. The van der Waals surface area contributed by atoms with Gasteiger partial charge in [-0.2, -0.15) is 0 Å². The Balaban J connectivity index is 2.63. The van der Waals surface area contributed by atoms with Crippen LogP contribution in [0.5, 0.6) is 0 Å². The molecule has 1 aromatic carbocycles. The first-order valence-corrected chi connectivity index (χ1v) is 4.26. The summed E-state index contributed by atoms with van der Waals surface area (Å²) in [5.74, 6) is 0. The first-order chi connectivity index (χ1) is 6.24. The van der Waals surface area contributed by atoms with E-state index in [4.69, 9.17) is 5.41 Å². The quantitative estimate of drug-likeness (QED) is 0.544. The molecule has 3 heteroatoms. The van der Waals surface area contributed by atoms with Crippen LogP contribution in [0.1, 0.15) is 5.56 Å². The van der Waals surface area contributed by atoms with E-state index in [1.54, 1.807) is 0 Å². The summed E-state index contributed by atoms with van der Waals surface area (Å²) in [7, 11) is 1.91. The number of hydrogen-bond donors (Lipinski definition) is 2. The van der Waals surface area contributed by atoms with Gasteiger partial charge in [-0.25, -0.2) is 5.01 Å². The summed E-state index contributed by atoms with van der Waals surface area (Å²) >= 11 is 0. The molecule has 0 bridgehead atoms. The van der Waals surface area contributed by atoms with Crippen LogP contribution in [0.25, 0.3) is 0 Å². The molecular formula is C10H15N3. The zero-order chi connectivity index (χ0) is 9.68. The molecule has 0 aliphatic rings. The lowest BCUT2D eigenvalue weighted by Gasteiger charge is -2.18. The van der Waals surface area contributed by atoms with Crippen molar-refractivity contribution in [2.45, 2.75) is 6.92 Å². The summed E-state index contributed by atoms with van der Waals surface area (Å²) in [6, 6.07) is 8.08. The molecular weight excluding hydrogens is 162 g/mol. The van der Waals surface area contributed by atoms with Crippen molar-refractivity contribution in [1.82, 2.24) is 5.01 Å². The molecule has 0 atom stereocenters. The minimum Gasteiger partial charge on any atom is -0.319 e. The Labute approximate surface area is 78.9 Å². The predicted molar refractivity (Wildman–Crippen MR) is 56.2 cm³/mol. The molecule has 3 nitrogen and oxygen atoms in total. The third kappa shape index (κ3) is 2.87. The maximum atomic E-state index is 6.95. The fourth-order valence-corrected chi connectivity index (χ4v) is 1.09. The average Bonchev–Trinajstić information content (AvgIpc) is 2.09. The molecule has 70 valence electrons. The van der Waals surface area contributed by atoms with E-state index < -0.39 is 0 Å². The summed E-state index contributed by atoms with van der Waals surface area (Å²) in [6.45, 7) is 2.66. The number of nitrogens with zero attached hydrogens (tertiary/aromatic N) is 1. The summed E-state index contributed by atoms with van der Waals surface area (Å²) in [5, 5.41) is 8.82. The van der Waals surface area contributed by atoms with Crippen LogP contribution >= 0.6 is 0 Å². The molecule has 1 rings (SSSR count). The zero-order valence-electron chi connectivity index (χ0n) is 8.04. The smallest absolute Gasteiger partial charge is 0.0522 e. The average molecular weight is 177 g/mol. The number of aryl methyl sites for hydroxylation is 1. The predicted octanol–water partition coefficient (Wildman–Crippen LogP) is 1.90. The Morgan fingerprint density at radius 1 is 1.46 bits per heavy atom. The van der Waals surface area contributed by atoms with Gasteiger partial charge >= 0.3 is 0 Å². The van der Waals surface area contributed by atoms with Gasteiger partial charge < -0.3 is 10.8 Å². The molecule has 0 aromatic heterocycles. The van der Waals surface area contributed by atoms with Gasteiger partial charge in [-0.15, -0.1) is 0 Å². The van der Waals surface area contributed by atoms with E-state index in [1.807, 2.05) is 30.3 Å². The highest BCUT2D eigenvalue weighted by molar-refractivity contribution is 5.56. The van der Waals surface area contributed by atoms with Crippen molar-refractivity contribution in [2.24, 2.45) is 0 Å². The van der Waals surface area contributed by atoms with Crippen molar-refractivity contribution in [1.29, 1.82) is 5.41 Å². The normalized spacial score (nSPS) is 10.1. The lowest BCUT2D eigenvalue weighted by molar-refractivity contribution is 0.463. The van der Waals surface area contributed by atoms with Gasteiger partial charge in [0.15, 0.2) is 0 Å². The highest BCUT2D eigenvalue weighted by atomic mass is 15.5. The van der Waals surface area contributed by atoms with Crippen molar-refractivity contribution in [2.75, 3.05) is 19.0 Å². The second kappa shape index (κ2) is 4.62. The number of hydrogen-bond acceptors (Lipinski definition) is 3.